The molecule has 1 rings (SSSR count). The maximum atomic E-state index is 2.50. The van der Waals surface area contributed by atoms with Crippen LogP contribution in [0.4, 0.5) is 0 Å². The van der Waals surface area contributed by atoms with E-state index in [0.717, 1.165) is 11.8 Å². The minimum absolute atomic E-state index is 0.791. The molecule has 1 aliphatic rings. The number of allylic oxidation sites excluding steroid dienone is 4. The fourth-order valence-electron chi connectivity index (χ4n) is 2.25. The third-order valence-corrected chi connectivity index (χ3v) is 4.33. The zero-order valence-corrected chi connectivity index (χ0v) is 12.5. The monoisotopic (exact) mass is 234 g/mol. The summed E-state index contributed by atoms with van der Waals surface area (Å²) in [6.45, 7) is 11.7. The second kappa shape index (κ2) is 7.03. The molecule has 98 valence electrons. The Kier molecular flexibility index (Phi) is 6.02. The van der Waals surface area contributed by atoms with Crippen molar-refractivity contribution in [2.24, 2.45) is 11.8 Å². The van der Waals surface area contributed by atoms with Crippen LogP contribution in [-0.4, -0.2) is 0 Å². The van der Waals surface area contributed by atoms with Crippen LogP contribution in [0, 0.1) is 11.8 Å². The predicted octanol–water partition coefficient (Wildman–Crippen LogP) is 5.90. The van der Waals surface area contributed by atoms with Crippen molar-refractivity contribution in [2.45, 2.75) is 73.1 Å². The molecule has 1 fully saturated rings. The first kappa shape index (κ1) is 14.5. The lowest BCUT2D eigenvalue weighted by Gasteiger charge is -2.24. The normalized spacial score (nSPS) is 18.2. The third kappa shape index (κ3) is 4.33. The molecule has 1 saturated carbocycles. The van der Waals surface area contributed by atoms with Crippen LogP contribution in [0.25, 0.3) is 0 Å². The second-order valence-electron chi connectivity index (χ2n) is 6.03. The zero-order valence-electron chi connectivity index (χ0n) is 12.5. The van der Waals surface area contributed by atoms with Gasteiger partial charge in [0.05, 0.1) is 0 Å². The topological polar surface area (TPSA) is 0 Å². The van der Waals surface area contributed by atoms with E-state index in [-0.39, 0.29) is 0 Å². The van der Waals surface area contributed by atoms with Gasteiger partial charge in [-0.25, -0.2) is 0 Å². The summed E-state index contributed by atoms with van der Waals surface area (Å²) in [5.41, 5.74) is 4.99. The first-order valence-corrected chi connectivity index (χ1v) is 7.44. The summed E-state index contributed by atoms with van der Waals surface area (Å²) >= 11 is 0. The van der Waals surface area contributed by atoms with Gasteiger partial charge in [-0.1, -0.05) is 45.8 Å². The van der Waals surface area contributed by atoms with E-state index >= 15 is 0 Å². The molecule has 1 atom stereocenters. The largest absolute Gasteiger partial charge is 0.0811 e. The fraction of sp³-hybridized carbons (Fsp3) is 0.765. The fourth-order valence-corrected chi connectivity index (χ4v) is 2.25. The average molecular weight is 234 g/mol. The molecule has 0 aromatic heterocycles. The summed E-state index contributed by atoms with van der Waals surface area (Å²) in [7, 11) is 0. The van der Waals surface area contributed by atoms with Gasteiger partial charge in [-0.2, -0.15) is 0 Å². The van der Waals surface area contributed by atoms with Crippen LogP contribution in [-0.2, 0) is 0 Å². The molecule has 0 bridgehead atoms. The van der Waals surface area contributed by atoms with Gasteiger partial charge in [0.15, 0.2) is 0 Å². The highest BCUT2D eigenvalue weighted by Crippen LogP contribution is 2.34. The van der Waals surface area contributed by atoms with Crippen LogP contribution in [0.15, 0.2) is 22.8 Å². The van der Waals surface area contributed by atoms with E-state index in [0.29, 0.717) is 0 Å². The lowest BCUT2D eigenvalue weighted by molar-refractivity contribution is 0.416. The SMILES string of the molecule is CCCC=C(CC(C)C(C)C)C(C)=C1CCC1. The molecule has 0 heterocycles. The summed E-state index contributed by atoms with van der Waals surface area (Å²) in [6, 6.07) is 0. The Hall–Kier alpha value is -0.520. The third-order valence-electron chi connectivity index (χ3n) is 4.33. The predicted molar refractivity (Wildman–Crippen MR) is 78.2 cm³/mol. The number of rotatable bonds is 6. The van der Waals surface area contributed by atoms with Crippen LogP contribution in [0.3, 0.4) is 0 Å². The molecular formula is C17H30. The quantitative estimate of drug-likeness (QED) is 0.537. The van der Waals surface area contributed by atoms with Gasteiger partial charge in [0.25, 0.3) is 0 Å². The van der Waals surface area contributed by atoms with Gasteiger partial charge in [0.2, 0.25) is 0 Å². The molecule has 0 aromatic carbocycles. The molecule has 17 heavy (non-hydrogen) atoms. The Morgan fingerprint density at radius 1 is 1.24 bits per heavy atom. The highest BCUT2D eigenvalue weighted by atomic mass is 14.2. The minimum Gasteiger partial charge on any atom is -0.0811 e. The molecule has 0 aliphatic heterocycles. The van der Waals surface area contributed by atoms with Crippen molar-refractivity contribution in [2.75, 3.05) is 0 Å². The molecule has 0 amide bonds. The Bertz CT molecular complexity index is 285. The molecule has 0 radical (unpaired) electrons. The molecule has 0 saturated heterocycles. The molecular weight excluding hydrogens is 204 g/mol. The number of hydrogen-bond donors (Lipinski definition) is 0. The van der Waals surface area contributed by atoms with Crippen molar-refractivity contribution in [3.05, 3.63) is 22.8 Å². The van der Waals surface area contributed by atoms with E-state index in [1.165, 1.54) is 38.5 Å². The maximum Gasteiger partial charge on any atom is -0.0251 e. The first-order valence-electron chi connectivity index (χ1n) is 7.44. The van der Waals surface area contributed by atoms with Crippen LogP contribution in [0.1, 0.15) is 73.1 Å². The van der Waals surface area contributed by atoms with Crippen LogP contribution in [0.2, 0.25) is 0 Å². The molecule has 0 nitrogen and oxygen atoms in total. The van der Waals surface area contributed by atoms with E-state index < -0.39 is 0 Å². The van der Waals surface area contributed by atoms with Crippen molar-refractivity contribution in [1.82, 2.24) is 0 Å². The molecule has 0 heteroatoms. The van der Waals surface area contributed by atoms with E-state index in [1.807, 2.05) is 0 Å². The summed E-state index contributed by atoms with van der Waals surface area (Å²) in [5, 5.41) is 0. The molecule has 0 aromatic rings. The van der Waals surface area contributed by atoms with E-state index in [2.05, 4.69) is 40.7 Å². The van der Waals surface area contributed by atoms with Gasteiger partial charge >= 0.3 is 0 Å². The lowest BCUT2D eigenvalue weighted by Crippen LogP contribution is -2.08. The number of hydrogen-bond acceptors (Lipinski definition) is 0. The molecule has 0 spiro atoms. The summed E-state index contributed by atoms with van der Waals surface area (Å²) in [4.78, 5) is 0. The van der Waals surface area contributed by atoms with Gasteiger partial charge in [0.1, 0.15) is 0 Å². The lowest BCUT2D eigenvalue weighted by atomic mass is 9.81. The minimum atomic E-state index is 0.791. The molecule has 0 N–H and O–H groups in total. The number of unbranched alkanes of at least 4 members (excludes halogenated alkanes) is 1. The highest BCUT2D eigenvalue weighted by Gasteiger charge is 2.16. The zero-order chi connectivity index (χ0) is 12.8. The Labute approximate surface area is 108 Å². The van der Waals surface area contributed by atoms with Gasteiger partial charge in [0, 0.05) is 0 Å². The summed E-state index contributed by atoms with van der Waals surface area (Å²) in [6.07, 6.45) is 10.4. The standard InChI is InChI=1S/C17H30/c1-6-7-9-17(12-14(4)13(2)3)15(5)16-10-8-11-16/h9,13-14H,6-8,10-12H2,1-5H3. The van der Waals surface area contributed by atoms with Crippen molar-refractivity contribution in [1.29, 1.82) is 0 Å². The Morgan fingerprint density at radius 2 is 1.88 bits per heavy atom. The van der Waals surface area contributed by atoms with E-state index in [1.54, 1.807) is 16.7 Å². The van der Waals surface area contributed by atoms with Crippen molar-refractivity contribution in [3.8, 4) is 0 Å². The van der Waals surface area contributed by atoms with E-state index in [9.17, 15) is 0 Å². The van der Waals surface area contributed by atoms with Gasteiger partial charge < -0.3 is 0 Å². The van der Waals surface area contributed by atoms with Gasteiger partial charge in [-0.3, -0.25) is 0 Å². The average Bonchev–Trinajstić information content (AvgIpc) is 2.20. The Morgan fingerprint density at radius 3 is 2.29 bits per heavy atom. The first-order chi connectivity index (χ1) is 8.06. The summed E-state index contributed by atoms with van der Waals surface area (Å²) < 4.78 is 0. The van der Waals surface area contributed by atoms with Crippen molar-refractivity contribution < 1.29 is 0 Å². The van der Waals surface area contributed by atoms with Crippen molar-refractivity contribution in [3.63, 3.8) is 0 Å². The molecule has 1 unspecified atom stereocenters. The van der Waals surface area contributed by atoms with E-state index in [4.69, 9.17) is 0 Å². The van der Waals surface area contributed by atoms with Gasteiger partial charge in [-0.15, -0.1) is 0 Å². The van der Waals surface area contributed by atoms with Gasteiger partial charge in [-0.05, 0) is 62.0 Å². The smallest absolute Gasteiger partial charge is 0.0251 e. The Balaban J connectivity index is 2.73. The highest BCUT2D eigenvalue weighted by molar-refractivity contribution is 5.36. The van der Waals surface area contributed by atoms with Crippen LogP contribution in [0.5, 0.6) is 0 Å². The summed E-state index contributed by atoms with van der Waals surface area (Å²) in [5.74, 6) is 1.59. The second-order valence-corrected chi connectivity index (χ2v) is 6.03. The van der Waals surface area contributed by atoms with Crippen LogP contribution >= 0.6 is 0 Å². The van der Waals surface area contributed by atoms with Crippen LogP contribution < -0.4 is 0 Å². The molecule has 1 aliphatic carbocycles. The van der Waals surface area contributed by atoms with Crippen molar-refractivity contribution >= 4 is 0 Å². The maximum absolute atomic E-state index is 2.50.